The van der Waals surface area contributed by atoms with Crippen LogP contribution in [0.15, 0.2) is 48.5 Å². The van der Waals surface area contributed by atoms with Gasteiger partial charge in [0.1, 0.15) is 5.75 Å². The molecule has 19 heavy (non-hydrogen) atoms. The van der Waals surface area contributed by atoms with Crippen molar-refractivity contribution in [2.75, 3.05) is 5.32 Å². The first-order valence-electron chi connectivity index (χ1n) is 5.40. The molecule has 1 amide bonds. The molecule has 0 saturated carbocycles. The topological polar surface area (TPSA) is 42.7 Å². The SMILES string of the molecule is [C-]#[N+]c1cc(NC(=O)Oc2ccccc2)ccc1Cl. The third-order valence-electron chi connectivity index (χ3n) is 2.27. The van der Waals surface area contributed by atoms with E-state index in [2.05, 4.69) is 10.2 Å². The maximum absolute atomic E-state index is 11.6. The number of benzene rings is 2. The van der Waals surface area contributed by atoms with E-state index in [1.165, 1.54) is 6.07 Å². The van der Waals surface area contributed by atoms with Crippen molar-refractivity contribution in [1.29, 1.82) is 0 Å². The van der Waals surface area contributed by atoms with Crippen molar-refractivity contribution in [1.82, 2.24) is 0 Å². The fourth-order valence-electron chi connectivity index (χ4n) is 1.42. The number of carbonyl (C=O) groups excluding carboxylic acids is 1. The normalized spacial score (nSPS) is 9.47. The van der Waals surface area contributed by atoms with Gasteiger partial charge in [-0.3, -0.25) is 5.32 Å². The molecule has 1 N–H and O–H groups in total. The number of halogens is 1. The molecule has 0 aromatic heterocycles. The predicted octanol–water partition coefficient (Wildman–Crippen LogP) is 4.50. The van der Waals surface area contributed by atoms with Crippen LogP contribution >= 0.6 is 11.6 Å². The monoisotopic (exact) mass is 272 g/mol. The van der Waals surface area contributed by atoms with Gasteiger partial charge in [-0.05, 0) is 24.3 Å². The third kappa shape index (κ3) is 3.47. The van der Waals surface area contributed by atoms with Crippen LogP contribution in [0.4, 0.5) is 16.2 Å². The fraction of sp³-hybridized carbons (Fsp3) is 0. The highest BCUT2D eigenvalue weighted by Gasteiger charge is 2.07. The molecule has 0 spiro atoms. The van der Waals surface area contributed by atoms with E-state index in [-0.39, 0.29) is 5.69 Å². The Morgan fingerprint density at radius 1 is 1.21 bits per heavy atom. The van der Waals surface area contributed by atoms with Crippen LogP contribution in [-0.2, 0) is 0 Å². The molecule has 0 fully saturated rings. The highest BCUT2D eigenvalue weighted by Crippen LogP contribution is 2.28. The van der Waals surface area contributed by atoms with Crippen LogP contribution in [0.25, 0.3) is 4.85 Å². The highest BCUT2D eigenvalue weighted by molar-refractivity contribution is 6.33. The van der Waals surface area contributed by atoms with Crippen LogP contribution in [0, 0.1) is 6.57 Å². The molecule has 94 valence electrons. The van der Waals surface area contributed by atoms with Crippen LogP contribution < -0.4 is 10.1 Å². The second-order valence-corrected chi connectivity index (χ2v) is 4.01. The predicted molar refractivity (Wildman–Crippen MR) is 73.8 cm³/mol. The summed E-state index contributed by atoms with van der Waals surface area (Å²) in [5.41, 5.74) is 0.732. The molecule has 2 rings (SSSR count). The highest BCUT2D eigenvalue weighted by atomic mass is 35.5. The number of nitrogens with zero attached hydrogens (tertiary/aromatic N) is 1. The Hall–Kier alpha value is -2.51. The molecule has 0 bridgehead atoms. The molecule has 2 aromatic rings. The molecular weight excluding hydrogens is 264 g/mol. The van der Waals surface area contributed by atoms with Crippen LogP contribution in [0.3, 0.4) is 0 Å². The Labute approximate surface area is 115 Å². The van der Waals surface area contributed by atoms with E-state index < -0.39 is 6.09 Å². The van der Waals surface area contributed by atoms with Crippen molar-refractivity contribution < 1.29 is 9.53 Å². The number of carbonyl (C=O) groups is 1. The van der Waals surface area contributed by atoms with Crippen LogP contribution in [0.1, 0.15) is 0 Å². The van der Waals surface area contributed by atoms with Crippen molar-refractivity contribution >= 4 is 29.1 Å². The minimum atomic E-state index is -0.621. The Morgan fingerprint density at radius 3 is 2.63 bits per heavy atom. The molecule has 4 nitrogen and oxygen atoms in total. The molecule has 2 aromatic carbocycles. The maximum atomic E-state index is 11.6. The average Bonchev–Trinajstić information content (AvgIpc) is 2.42. The van der Waals surface area contributed by atoms with E-state index in [1.54, 1.807) is 36.4 Å². The van der Waals surface area contributed by atoms with Crippen molar-refractivity contribution in [3.8, 4) is 5.75 Å². The fourth-order valence-corrected chi connectivity index (χ4v) is 1.57. The molecule has 0 saturated heterocycles. The first kappa shape index (κ1) is 12.9. The summed E-state index contributed by atoms with van der Waals surface area (Å²) in [4.78, 5) is 14.9. The van der Waals surface area contributed by atoms with Crippen LogP contribution in [0.2, 0.25) is 5.02 Å². The molecule has 5 heteroatoms. The lowest BCUT2D eigenvalue weighted by Gasteiger charge is -2.07. The van der Waals surface area contributed by atoms with Gasteiger partial charge in [-0.1, -0.05) is 35.9 Å². The van der Waals surface area contributed by atoms with Gasteiger partial charge in [0.25, 0.3) is 0 Å². The van der Waals surface area contributed by atoms with Gasteiger partial charge in [-0.25, -0.2) is 9.64 Å². The summed E-state index contributed by atoms with van der Waals surface area (Å²) < 4.78 is 5.06. The van der Waals surface area contributed by atoms with E-state index in [1.807, 2.05) is 6.07 Å². The van der Waals surface area contributed by atoms with Crippen molar-refractivity contribution in [2.45, 2.75) is 0 Å². The lowest BCUT2D eigenvalue weighted by Crippen LogP contribution is -2.16. The Kier molecular flexibility index (Phi) is 4.01. The standard InChI is InChI=1S/C14H9ClN2O2/c1-16-13-9-10(7-8-12(13)15)17-14(18)19-11-5-3-2-4-6-11/h2-9H,(H,17,18). The lowest BCUT2D eigenvalue weighted by molar-refractivity contribution is 0.215. The van der Waals surface area contributed by atoms with Gasteiger partial charge >= 0.3 is 6.09 Å². The van der Waals surface area contributed by atoms with Crippen LogP contribution in [-0.4, -0.2) is 6.09 Å². The molecule has 0 radical (unpaired) electrons. The van der Waals surface area contributed by atoms with Gasteiger partial charge < -0.3 is 4.74 Å². The quantitative estimate of drug-likeness (QED) is 0.818. The van der Waals surface area contributed by atoms with Gasteiger partial charge in [0.2, 0.25) is 5.69 Å². The zero-order chi connectivity index (χ0) is 13.7. The largest absolute Gasteiger partial charge is 0.417 e. The van der Waals surface area contributed by atoms with Crippen LogP contribution in [0.5, 0.6) is 5.75 Å². The van der Waals surface area contributed by atoms with Gasteiger partial charge in [0.05, 0.1) is 6.57 Å². The maximum Gasteiger partial charge on any atom is 0.417 e. The first-order valence-corrected chi connectivity index (χ1v) is 5.78. The smallest absolute Gasteiger partial charge is 0.410 e. The summed E-state index contributed by atoms with van der Waals surface area (Å²) in [7, 11) is 0. The second kappa shape index (κ2) is 5.89. The minimum absolute atomic E-state index is 0.277. The van der Waals surface area contributed by atoms with E-state index in [0.717, 1.165) is 0 Å². The number of amides is 1. The molecule has 0 atom stereocenters. The number of hydrogen-bond donors (Lipinski definition) is 1. The Balaban J connectivity index is 2.06. The van der Waals surface area contributed by atoms with Crippen molar-refractivity contribution in [3.63, 3.8) is 0 Å². The van der Waals surface area contributed by atoms with Crippen molar-refractivity contribution in [3.05, 3.63) is 65.0 Å². The number of hydrogen-bond acceptors (Lipinski definition) is 2. The number of rotatable bonds is 2. The molecule has 0 heterocycles. The van der Waals surface area contributed by atoms with Gasteiger partial charge in [-0.15, -0.1) is 0 Å². The summed E-state index contributed by atoms with van der Waals surface area (Å²) in [6.45, 7) is 6.94. The van der Waals surface area contributed by atoms with Crippen molar-refractivity contribution in [2.24, 2.45) is 0 Å². The zero-order valence-corrected chi connectivity index (χ0v) is 10.5. The van der Waals surface area contributed by atoms with Gasteiger partial charge in [0, 0.05) is 10.7 Å². The number of para-hydroxylation sites is 1. The number of nitrogens with one attached hydrogen (secondary N) is 1. The molecule has 0 unspecified atom stereocenters. The Bertz CT molecular complexity index is 636. The summed E-state index contributed by atoms with van der Waals surface area (Å²) in [6.07, 6.45) is -0.621. The average molecular weight is 273 g/mol. The first-order chi connectivity index (χ1) is 9.19. The summed E-state index contributed by atoms with van der Waals surface area (Å²) in [5, 5.41) is 2.87. The summed E-state index contributed by atoms with van der Waals surface area (Å²) in [6, 6.07) is 13.3. The van der Waals surface area contributed by atoms with E-state index in [9.17, 15) is 4.79 Å². The van der Waals surface area contributed by atoms with Gasteiger partial charge in [0.15, 0.2) is 0 Å². The lowest BCUT2D eigenvalue weighted by atomic mass is 10.3. The van der Waals surface area contributed by atoms with E-state index in [4.69, 9.17) is 22.9 Å². The number of anilines is 1. The molecule has 0 aliphatic heterocycles. The van der Waals surface area contributed by atoms with Gasteiger partial charge in [-0.2, -0.15) is 0 Å². The molecule has 0 aliphatic carbocycles. The zero-order valence-electron chi connectivity index (χ0n) is 9.76. The molecular formula is C14H9ClN2O2. The van der Waals surface area contributed by atoms with E-state index >= 15 is 0 Å². The Morgan fingerprint density at radius 2 is 1.95 bits per heavy atom. The number of ether oxygens (including phenoxy) is 1. The second-order valence-electron chi connectivity index (χ2n) is 3.61. The minimum Gasteiger partial charge on any atom is -0.410 e. The van der Waals surface area contributed by atoms with E-state index in [0.29, 0.717) is 16.5 Å². The summed E-state index contributed by atoms with van der Waals surface area (Å²) >= 11 is 5.80. The third-order valence-corrected chi connectivity index (χ3v) is 2.59. The molecule has 0 aliphatic rings. The summed E-state index contributed by atoms with van der Waals surface area (Å²) in [5.74, 6) is 0.444.